The number of hydrogen-bond acceptors (Lipinski definition) is 5. The maximum atomic E-state index is 12.6. The number of aryl methyl sites for hydroxylation is 2. The molecule has 0 aliphatic carbocycles. The molecule has 8 heteroatoms. The molecule has 8 nitrogen and oxygen atoms in total. The molecule has 0 aromatic carbocycles. The Kier molecular flexibility index (Phi) is 4.24. The molecule has 0 unspecified atom stereocenters. The van der Waals surface area contributed by atoms with Crippen molar-refractivity contribution in [3.63, 3.8) is 0 Å². The highest BCUT2D eigenvalue weighted by Gasteiger charge is 2.17. The minimum atomic E-state index is -0.454. The molecule has 0 radical (unpaired) electrons. The number of carbonyl (C=O) groups excluding carboxylic acids is 1. The molecule has 3 aromatic rings. The molecule has 0 spiro atoms. The molecular formula is C18H20N6O2. The number of nitrogens with one attached hydrogen (secondary N) is 1. The van der Waals surface area contributed by atoms with Gasteiger partial charge in [0, 0.05) is 25.4 Å². The van der Waals surface area contributed by atoms with Crippen LogP contribution in [0.3, 0.4) is 0 Å². The van der Waals surface area contributed by atoms with Crippen molar-refractivity contribution >= 4 is 11.6 Å². The van der Waals surface area contributed by atoms with Gasteiger partial charge in [0.2, 0.25) is 0 Å². The fraction of sp³-hybridized carbons (Fsp3) is 0.389. The van der Waals surface area contributed by atoms with E-state index in [1.807, 2.05) is 13.0 Å². The van der Waals surface area contributed by atoms with Gasteiger partial charge < -0.3 is 9.88 Å². The van der Waals surface area contributed by atoms with Crippen molar-refractivity contribution in [3.05, 3.63) is 57.7 Å². The van der Waals surface area contributed by atoms with Gasteiger partial charge in [-0.15, -0.1) is 10.2 Å². The largest absolute Gasteiger partial charge is 0.345 e. The van der Waals surface area contributed by atoms with Crippen molar-refractivity contribution in [2.24, 2.45) is 0 Å². The third-order valence-corrected chi connectivity index (χ3v) is 4.69. The van der Waals surface area contributed by atoms with Gasteiger partial charge in [0.05, 0.1) is 6.54 Å². The van der Waals surface area contributed by atoms with Gasteiger partial charge in [-0.1, -0.05) is 12.5 Å². The smallest absolute Gasteiger partial charge is 0.270 e. The lowest BCUT2D eigenvalue weighted by Gasteiger charge is -2.08. The molecule has 0 atom stereocenters. The topological polar surface area (TPSA) is 94.2 Å². The van der Waals surface area contributed by atoms with Crippen LogP contribution in [-0.2, 0) is 19.5 Å². The van der Waals surface area contributed by atoms with Crippen molar-refractivity contribution in [1.82, 2.24) is 29.5 Å². The molecule has 0 fully saturated rings. The number of nitrogens with zero attached hydrogens (tertiary/aromatic N) is 5. The first-order valence-corrected chi connectivity index (χ1v) is 8.80. The minimum absolute atomic E-state index is 0.0173. The highest BCUT2D eigenvalue weighted by atomic mass is 16.2. The molecule has 1 aliphatic rings. The summed E-state index contributed by atoms with van der Waals surface area (Å²) in [4.78, 5) is 29.3. The van der Waals surface area contributed by atoms with Crippen LogP contribution < -0.4 is 10.9 Å². The lowest BCUT2D eigenvalue weighted by molar-refractivity contribution is 0.0947. The quantitative estimate of drug-likeness (QED) is 0.766. The Labute approximate surface area is 149 Å². The van der Waals surface area contributed by atoms with E-state index in [1.54, 1.807) is 12.3 Å². The van der Waals surface area contributed by atoms with E-state index in [1.165, 1.54) is 17.0 Å². The van der Waals surface area contributed by atoms with Gasteiger partial charge in [0.1, 0.15) is 17.0 Å². The van der Waals surface area contributed by atoms with E-state index < -0.39 is 5.91 Å². The molecule has 4 rings (SSSR count). The molecule has 134 valence electrons. The van der Waals surface area contributed by atoms with Crippen molar-refractivity contribution < 1.29 is 4.79 Å². The fourth-order valence-electron chi connectivity index (χ4n) is 3.27. The van der Waals surface area contributed by atoms with Gasteiger partial charge in [-0.3, -0.25) is 14.0 Å². The second kappa shape index (κ2) is 6.70. The van der Waals surface area contributed by atoms with Crippen LogP contribution in [-0.4, -0.2) is 30.1 Å². The van der Waals surface area contributed by atoms with Gasteiger partial charge in [0.15, 0.2) is 5.82 Å². The van der Waals surface area contributed by atoms with Crippen molar-refractivity contribution in [2.45, 2.75) is 45.7 Å². The molecule has 3 aromatic heterocycles. The Hall–Kier alpha value is -3.03. The van der Waals surface area contributed by atoms with Crippen molar-refractivity contribution in [1.29, 1.82) is 0 Å². The predicted octanol–water partition coefficient (Wildman–Crippen LogP) is 1.25. The third kappa shape index (κ3) is 2.98. The molecule has 4 heterocycles. The zero-order chi connectivity index (χ0) is 18.1. The maximum absolute atomic E-state index is 12.6. The highest BCUT2D eigenvalue weighted by Crippen LogP contribution is 2.14. The van der Waals surface area contributed by atoms with Crippen LogP contribution >= 0.6 is 0 Å². The second-order valence-electron chi connectivity index (χ2n) is 6.59. The summed E-state index contributed by atoms with van der Waals surface area (Å²) in [5.74, 6) is 1.24. The van der Waals surface area contributed by atoms with Crippen LogP contribution in [0.25, 0.3) is 5.65 Å². The molecular weight excluding hydrogens is 332 g/mol. The average Bonchev–Trinajstić information content (AvgIpc) is 2.86. The van der Waals surface area contributed by atoms with E-state index in [0.717, 1.165) is 43.0 Å². The van der Waals surface area contributed by atoms with Crippen molar-refractivity contribution in [2.75, 3.05) is 0 Å². The molecule has 0 saturated carbocycles. The summed E-state index contributed by atoms with van der Waals surface area (Å²) in [5, 5.41) is 11.2. The molecule has 1 N–H and O–H groups in total. The molecule has 0 saturated heterocycles. The first-order valence-electron chi connectivity index (χ1n) is 8.80. The first-order chi connectivity index (χ1) is 12.6. The fourth-order valence-corrected chi connectivity index (χ4v) is 3.27. The zero-order valence-corrected chi connectivity index (χ0v) is 14.6. The van der Waals surface area contributed by atoms with Gasteiger partial charge in [-0.25, -0.2) is 4.98 Å². The lowest BCUT2D eigenvalue weighted by Crippen LogP contribution is -2.32. The van der Waals surface area contributed by atoms with Gasteiger partial charge in [-0.2, -0.15) is 0 Å². The van der Waals surface area contributed by atoms with Gasteiger partial charge in [-0.05, 0) is 31.4 Å². The van der Waals surface area contributed by atoms with Gasteiger partial charge >= 0.3 is 0 Å². The van der Waals surface area contributed by atoms with Crippen LogP contribution in [0.2, 0.25) is 0 Å². The van der Waals surface area contributed by atoms with Crippen LogP contribution in [0, 0.1) is 6.92 Å². The monoisotopic (exact) mass is 352 g/mol. The van der Waals surface area contributed by atoms with E-state index >= 15 is 0 Å². The highest BCUT2D eigenvalue weighted by molar-refractivity contribution is 5.93. The standard InChI is InChI=1S/C18H20N6O2/c1-12-6-7-14-19-9-13(18(26)24(14)11-12)17(25)20-10-16-22-21-15-5-3-2-4-8-23(15)16/h6-7,9,11H,2-5,8,10H2,1H3,(H,20,25). The average molecular weight is 352 g/mol. The number of rotatable bonds is 3. The summed E-state index contributed by atoms with van der Waals surface area (Å²) in [6.45, 7) is 2.99. The number of hydrogen-bond donors (Lipinski definition) is 1. The second-order valence-corrected chi connectivity index (χ2v) is 6.59. The predicted molar refractivity (Wildman–Crippen MR) is 94.9 cm³/mol. The number of carbonyl (C=O) groups is 1. The lowest BCUT2D eigenvalue weighted by atomic mass is 10.2. The van der Waals surface area contributed by atoms with Crippen molar-refractivity contribution in [3.8, 4) is 0 Å². The third-order valence-electron chi connectivity index (χ3n) is 4.69. The Balaban J connectivity index is 1.56. The van der Waals surface area contributed by atoms with Crippen LogP contribution in [0.1, 0.15) is 46.8 Å². The Morgan fingerprint density at radius 1 is 1.23 bits per heavy atom. The van der Waals surface area contributed by atoms with E-state index in [9.17, 15) is 9.59 Å². The van der Waals surface area contributed by atoms with E-state index in [-0.39, 0.29) is 17.7 Å². The summed E-state index contributed by atoms with van der Waals surface area (Å²) in [6.07, 6.45) is 7.29. The maximum Gasteiger partial charge on any atom is 0.270 e. The summed E-state index contributed by atoms with van der Waals surface area (Å²) in [5.41, 5.74) is 1.07. The summed E-state index contributed by atoms with van der Waals surface area (Å²) in [6, 6.07) is 3.63. The van der Waals surface area contributed by atoms with Gasteiger partial charge in [0.25, 0.3) is 11.5 Å². The molecule has 0 bridgehead atoms. The van der Waals surface area contributed by atoms with Crippen LogP contribution in [0.5, 0.6) is 0 Å². The number of pyridine rings is 1. The van der Waals surface area contributed by atoms with E-state index in [2.05, 4.69) is 25.1 Å². The first kappa shape index (κ1) is 16.4. The summed E-state index contributed by atoms with van der Waals surface area (Å²) >= 11 is 0. The SMILES string of the molecule is Cc1ccc2ncc(C(=O)NCc3nnc4n3CCCCC4)c(=O)n2c1. The Morgan fingerprint density at radius 2 is 2.12 bits per heavy atom. The number of fused-ring (bicyclic) bond motifs is 2. The normalized spacial score (nSPS) is 14.0. The molecule has 1 amide bonds. The number of amides is 1. The summed E-state index contributed by atoms with van der Waals surface area (Å²) < 4.78 is 3.47. The Morgan fingerprint density at radius 3 is 3.00 bits per heavy atom. The molecule has 1 aliphatic heterocycles. The van der Waals surface area contributed by atoms with E-state index in [4.69, 9.17) is 0 Å². The van der Waals surface area contributed by atoms with Crippen LogP contribution in [0.15, 0.2) is 29.3 Å². The summed E-state index contributed by atoms with van der Waals surface area (Å²) in [7, 11) is 0. The van der Waals surface area contributed by atoms with Crippen LogP contribution in [0.4, 0.5) is 0 Å². The molecule has 26 heavy (non-hydrogen) atoms. The minimum Gasteiger partial charge on any atom is -0.345 e. The Bertz CT molecular complexity index is 1040. The zero-order valence-electron chi connectivity index (χ0n) is 14.6. The van der Waals surface area contributed by atoms with E-state index in [0.29, 0.717) is 5.65 Å². The number of aromatic nitrogens is 5.